The summed E-state index contributed by atoms with van der Waals surface area (Å²) in [7, 11) is 0. The first-order chi connectivity index (χ1) is 7.77. The SMILES string of the molecule is CC1CCCCC1CNC1CCCSC1C. The lowest BCUT2D eigenvalue weighted by Crippen LogP contribution is -2.42. The van der Waals surface area contributed by atoms with Gasteiger partial charge >= 0.3 is 0 Å². The summed E-state index contributed by atoms with van der Waals surface area (Å²) in [6, 6.07) is 0.785. The van der Waals surface area contributed by atoms with Gasteiger partial charge in [-0.1, -0.05) is 33.1 Å². The molecule has 0 aromatic carbocycles. The van der Waals surface area contributed by atoms with Crippen molar-refractivity contribution in [1.29, 1.82) is 0 Å². The zero-order valence-corrected chi connectivity index (χ0v) is 11.7. The van der Waals surface area contributed by atoms with E-state index in [0.29, 0.717) is 0 Å². The number of rotatable bonds is 3. The molecular weight excluding hydrogens is 214 g/mol. The topological polar surface area (TPSA) is 12.0 Å². The van der Waals surface area contributed by atoms with E-state index in [0.717, 1.165) is 23.1 Å². The van der Waals surface area contributed by atoms with Crippen LogP contribution in [0.3, 0.4) is 0 Å². The summed E-state index contributed by atoms with van der Waals surface area (Å²) < 4.78 is 0. The Morgan fingerprint density at radius 2 is 1.88 bits per heavy atom. The van der Waals surface area contributed by atoms with Crippen LogP contribution in [0.15, 0.2) is 0 Å². The fourth-order valence-electron chi connectivity index (χ4n) is 3.19. The molecule has 0 amide bonds. The highest BCUT2D eigenvalue weighted by atomic mass is 32.2. The standard InChI is InChI=1S/C14H27NS/c1-11-6-3-4-7-13(11)10-15-14-8-5-9-16-12(14)2/h11-15H,3-10H2,1-2H3. The second-order valence-corrected chi connectivity index (χ2v) is 7.24. The van der Waals surface area contributed by atoms with E-state index in [9.17, 15) is 0 Å². The molecule has 16 heavy (non-hydrogen) atoms. The minimum Gasteiger partial charge on any atom is -0.313 e. The third-order valence-electron chi connectivity index (χ3n) is 4.54. The van der Waals surface area contributed by atoms with E-state index >= 15 is 0 Å². The molecule has 1 saturated heterocycles. The van der Waals surface area contributed by atoms with Crippen molar-refractivity contribution in [3.05, 3.63) is 0 Å². The molecule has 0 radical (unpaired) electrons. The summed E-state index contributed by atoms with van der Waals surface area (Å²) in [5.74, 6) is 3.28. The van der Waals surface area contributed by atoms with Crippen LogP contribution in [-0.2, 0) is 0 Å². The van der Waals surface area contributed by atoms with Gasteiger partial charge in [0.1, 0.15) is 0 Å². The summed E-state index contributed by atoms with van der Waals surface area (Å²) in [5.41, 5.74) is 0. The molecular formula is C14H27NS. The summed E-state index contributed by atoms with van der Waals surface area (Å²) in [6.45, 7) is 6.12. The van der Waals surface area contributed by atoms with Gasteiger partial charge in [-0.2, -0.15) is 11.8 Å². The van der Waals surface area contributed by atoms with Crippen molar-refractivity contribution in [2.75, 3.05) is 12.3 Å². The van der Waals surface area contributed by atoms with Crippen LogP contribution in [0.25, 0.3) is 0 Å². The molecule has 1 N–H and O–H groups in total. The molecule has 1 aliphatic carbocycles. The van der Waals surface area contributed by atoms with Gasteiger partial charge in [-0.25, -0.2) is 0 Å². The van der Waals surface area contributed by atoms with Crippen molar-refractivity contribution in [3.8, 4) is 0 Å². The zero-order valence-electron chi connectivity index (χ0n) is 10.9. The maximum absolute atomic E-state index is 3.85. The van der Waals surface area contributed by atoms with Gasteiger partial charge in [0.15, 0.2) is 0 Å². The van der Waals surface area contributed by atoms with E-state index in [1.54, 1.807) is 0 Å². The molecule has 2 aliphatic rings. The van der Waals surface area contributed by atoms with Crippen LogP contribution in [-0.4, -0.2) is 23.6 Å². The molecule has 0 bridgehead atoms. The van der Waals surface area contributed by atoms with Crippen LogP contribution in [0.5, 0.6) is 0 Å². The Balaban J connectivity index is 1.72. The van der Waals surface area contributed by atoms with Crippen molar-refractivity contribution in [2.24, 2.45) is 11.8 Å². The van der Waals surface area contributed by atoms with E-state index in [4.69, 9.17) is 0 Å². The molecule has 94 valence electrons. The molecule has 2 rings (SSSR count). The van der Waals surface area contributed by atoms with Gasteiger partial charge in [0.2, 0.25) is 0 Å². The van der Waals surface area contributed by atoms with Crippen molar-refractivity contribution < 1.29 is 0 Å². The first-order valence-corrected chi connectivity index (χ1v) is 8.17. The molecule has 4 atom stereocenters. The molecule has 0 spiro atoms. The Morgan fingerprint density at radius 3 is 2.62 bits per heavy atom. The van der Waals surface area contributed by atoms with Crippen LogP contribution >= 0.6 is 11.8 Å². The Labute approximate surface area is 105 Å². The summed E-state index contributed by atoms with van der Waals surface area (Å²) in [4.78, 5) is 0. The number of hydrogen-bond acceptors (Lipinski definition) is 2. The van der Waals surface area contributed by atoms with E-state index < -0.39 is 0 Å². The predicted octanol–water partition coefficient (Wildman–Crippen LogP) is 3.69. The molecule has 2 heteroatoms. The minimum absolute atomic E-state index is 0.785. The van der Waals surface area contributed by atoms with Gasteiger partial charge in [0.25, 0.3) is 0 Å². The summed E-state index contributed by atoms with van der Waals surface area (Å²) in [6.07, 6.45) is 8.66. The molecule has 1 nitrogen and oxygen atoms in total. The van der Waals surface area contributed by atoms with E-state index in [1.165, 1.54) is 50.8 Å². The smallest absolute Gasteiger partial charge is 0.0184 e. The van der Waals surface area contributed by atoms with Gasteiger partial charge in [-0.3, -0.25) is 0 Å². The lowest BCUT2D eigenvalue weighted by atomic mass is 9.80. The van der Waals surface area contributed by atoms with Crippen molar-refractivity contribution in [1.82, 2.24) is 5.32 Å². The largest absolute Gasteiger partial charge is 0.313 e. The second-order valence-electron chi connectivity index (χ2n) is 5.75. The lowest BCUT2D eigenvalue weighted by molar-refractivity contribution is 0.238. The number of hydrogen-bond donors (Lipinski definition) is 1. The number of thioether (sulfide) groups is 1. The maximum atomic E-state index is 3.85. The van der Waals surface area contributed by atoms with E-state index in [2.05, 4.69) is 30.9 Å². The van der Waals surface area contributed by atoms with E-state index in [1.807, 2.05) is 0 Å². The molecule has 1 saturated carbocycles. The van der Waals surface area contributed by atoms with Crippen LogP contribution in [0.1, 0.15) is 52.4 Å². The first-order valence-electron chi connectivity index (χ1n) is 7.12. The normalized spacial score (nSPS) is 40.9. The first kappa shape index (κ1) is 12.8. The number of nitrogens with one attached hydrogen (secondary N) is 1. The third kappa shape index (κ3) is 3.40. The molecule has 2 fully saturated rings. The van der Waals surface area contributed by atoms with Crippen molar-refractivity contribution in [2.45, 2.75) is 63.7 Å². The van der Waals surface area contributed by atoms with Crippen molar-refractivity contribution >= 4 is 11.8 Å². The average molecular weight is 241 g/mol. The van der Waals surface area contributed by atoms with Gasteiger partial charge in [0, 0.05) is 11.3 Å². The summed E-state index contributed by atoms with van der Waals surface area (Å²) in [5, 5.41) is 4.68. The Morgan fingerprint density at radius 1 is 1.06 bits per heavy atom. The van der Waals surface area contributed by atoms with Crippen LogP contribution < -0.4 is 5.32 Å². The highest BCUT2D eigenvalue weighted by Gasteiger charge is 2.25. The fourth-order valence-corrected chi connectivity index (χ4v) is 4.36. The molecule has 1 aliphatic heterocycles. The lowest BCUT2D eigenvalue weighted by Gasteiger charge is -2.34. The highest BCUT2D eigenvalue weighted by Crippen LogP contribution is 2.30. The quantitative estimate of drug-likeness (QED) is 0.809. The molecule has 4 unspecified atom stereocenters. The maximum Gasteiger partial charge on any atom is 0.0184 e. The molecule has 0 aromatic heterocycles. The third-order valence-corrected chi connectivity index (χ3v) is 5.92. The predicted molar refractivity (Wildman–Crippen MR) is 74.1 cm³/mol. The van der Waals surface area contributed by atoms with Crippen LogP contribution in [0.4, 0.5) is 0 Å². The van der Waals surface area contributed by atoms with Gasteiger partial charge in [0.05, 0.1) is 0 Å². The highest BCUT2D eigenvalue weighted by molar-refractivity contribution is 7.99. The van der Waals surface area contributed by atoms with Crippen LogP contribution in [0, 0.1) is 11.8 Å². The van der Waals surface area contributed by atoms with Gasteiger partial charge < -0.3 is 5.32 Å². The zero-order chi connectivity index (χ0) is 11.4. The Kier molecular flexibility index (Phi) is 5.02. The van der Waals surface area contributed by atoms with Gasteiger partial charge in [-0.15, -0.1) is 0 Å². The molecule has 1 heterocycles. The Bertz CT molecular complexity index is 185. The summed E-state index contributed by atoms with van der Waals surface area (Å²) >= 11 is 2.15. The monoisotopic (exact) mass is 241 g/mol. The second kappa shape index (κ2) is 6.30. The van der Waals surface area contributed by atoms with Gasteiger partial charge in [-0.05, 0) is 43.4 Å². The minimum atomic E-state index is 0.785. The fraction of sp³-hybridized carbons (Fsp3) is 1.00. The Hall–Kier alpha value is 0.310. The van der Waals surface area contributed by atoms with E-state index in [-0.39, 0.29) is 0 Å². The molecule has 0 aromatic rings. The van der Waals surface area contributed by atoms with Crippen molar-refractivity contribution in [3.63, 3.8) is 0 Å². The van der Waals surface area contributed by atoms with Crippen LogP contribution in [0.2, 0.25) is 0 Å². The average Bonchev–Trinajstić information content (AvgIpc) is 2.30.